The summed E-state index contributed by atoms with van der Waals surface area (Å²) in [6, 6.07) is 5.15. The fourth-order valence-electron chi connectivity index (χ4n) is 4.11. The fraction of sp³-hybridized carbons (Fsp3) is 0.333. The van der Waals surface area contributed by atoms with E-state index in [-0.39, 0.29) is 11.9 Å². The van der Waals surface area contributed by atoms with E-state index in [9.17, 15) is 4.79 Å². The average molecular weight is 486 g/mol. The predicted octanol–water partition coefficient (Wildman–Crippen LogP) is 4.54. The van der Waals surface area contributed by atoms with E-state index in [1.54, 1.807) is 12.1 Å². The number of aliphatic imine (C=N–C) groups is 1. The van der Waals surface area contributed by atoms with Crippen molar-refractivity contribution in [3.63, 3.8) is 0 Å². The topological polar surface area (TPSA) is 93.7 Å². The van der Waals surface area contributed by atoms with Crippen LogP contribution in [-0.4, -0.2) is 46.2 Å². The van der Waals surface area contributed by atoms with Crippen molar-refractivity contribution >= 4 is 41.0 Å². The molecule has 0 radical (unpaired) electrons. The highest BCUT2D eigenvalue weighted by Gasteiger charge is 2.47. The minimum Gasteiger partial charge on any atom is -0.475 e. The van der Waals surface area contributed by atoms with E-state index in [0.29, 0.717) is 57.9 Å². The standard InChI is InChI=1S/C24H25Cl2N5O2/c1-14-4-5-19(15(2)28-7-3-6-27)23(30-14)24(32)31-12-17-8-16(17)9-18(31)13-33-22-10-20(25)21(26)11-29-22/h3-7,10-11,16-18H,2,8-9,12-13,27H2,1H3/b6-3-,28-7?/t16-,17+,18+/m1/s1. The molecular formula is C24H25Cl2N5O2. The number of ether oxygens (including phenoxy) is 1. The Kier molecular flexibility index (Phi) is 7.00. The third-order valence-corrected chi connectivity index (χ3v) is 6.67. The number of aryl methyl sites for hydroxylation is 1. The van der Waals surface area contributed by atoms with Crippen LogP contribution in [-0.2, 0) is 0 Å². The summed E-state index contributed by atoms with van der Waals surface area (Å²) in [5, 5.41) is 0.736. The summed E-state index contributed by atoms with van der Waals surface area (Å²) in [4.78, 5) is 28.6. The molecule has 1 amide bonds. The maximum absolute atomic E-state index is 13.7. The molecule has 0 aromatic carbocycles. The monoisotopic (exact) mass is 485 g/mol. The van der Waals surface area contributed by atoms with Crippen molar-refractivity contribution in [1.82, 2.24) is 14.9 Å². The van der Waals surface area contributed by atoms with Crippen LogP contribution in [0.5, 0.6) is 5.88 Å². The second-order valence-electron chi connectivity index (χ2n) is 8.31. The number of pyridine rings is 2. The second-order valence-corrected chi connectivity index (χ2v) is 9.12. The highest BCUT2D eigenvalue weighted by atomic mass is 35.5. The molecule has 2 fully saturated rings. The Morgan fingerprint density at radius 1 is 1.33 bits per heavy atom. The maximum atomic E-state index is 13.7. The smallest absolute Gasteiger partial charge is 0.273 e. The molecule has 2 aromatic rings. The molecule has 1 aliphatic heterocycles. The van der Waals surface area contributed by atoms with Gasteiger partial charge >= 0.3 is 0 Å². The number of likely N-dealkylation sites (tertiary alicyclic amines) is 1. The van der Waals surface area contributed by atoms with Gasteiger partial charge in [0, 0.05) is 30.1 Å². The Morgan fingerprint density at radius 2 is 2.15 bits per heavy atom. The minimum absolute atomic E-state index is 0.107. The van der Waals surface area contributed by atoms with Crippen LogP contribution in [0.4, 0.5) is 0 Å². The number of nitrogens with zero attached hydrogens (tertiary/aromatic N) is 4. The number of nitrogens with two attached hydrogens (primary N) is 1. The molecule has 9 heteroatoms. The molecule has 172 valence electrons. The molecule has 1 saturated heterocycles. The van der Waals surface area contributed by atoms with Crippen LogP contribution in [0, 0.1) is 18.8 Å². The first kappa shape index (κ1) is 23.3. The van der Waals surface area contributed by atoms with Crippen LogP contribution in [0.2, 0.25) is 10.0 Å². The molecule has 1 saturated carbocycles. The van der Waals surface area contributed by atoms with Gasteiger partial charge < -0.3 is 15.4 Å². The maximum Gasteiger partial charge on any atom is 0.273 e. The van der Waals surface area contributed by atoms with Gasteiger partial charge in [0.1, 0.15) is 12.3 Å². The average Bonchev–Trinajstić information content (AvgIpc) is 3.57. The van der Waals surface area contributed by atoms with Crippen LogP contribution in [0.25, 0.3) is 5.70 Å². The van der Waals surface area contributed by atoms with Crippen molar-refractivity contribution in [2.45, 2.75) is 25.8 Å². The van der Waals surface area contributed by atoms with Crippen molar-refractivity contribution in [3.05, 3.63) is 70.2 Å². The van der Waals surface area contributed by atoms with Gasteiger partial charge in [-0.3, -0.25) is 9.79 Å². The number of rotatable bonds is 7. The number of hydrogen-bond donors (Lipinski definition) is 1. The van der Waals surface area contributed by atoms with Crippen molar-refractivity contribution in [2.24, 2.45) is 22.6 Å². The zero-order valence-electron chi connectivity index (χ0n) is 18.2. The van der Waals surface area contributed by atoms with Gasteiger partial charge in [0.05, 0.1) is 28.0 Å². The predicted molar refractivity (Wildman–Crippen MR) is 131 cm³/mol. The molecule has 2 N–H and O–H groups in total. The number of aromatic nitrogens is 2. The summed E-state index contributed by atoms with van der Waals surface area (Å²) < 4.78 is 5.90. The van der Waals surface area contributed by atoms with Crippen molar-refractivity contribution in [2.75, 3.05) is 13.2 Å². The molecule has 0 bridgehead atoms. The van der Waals surface area contributed by atoms with E-state index in [2.05, 4.69) is 21.5 Å². The number of halogens is 2. The molecule has 0 spiro atoms. The lowest BCUT2D eigenvalue weighted by molar-refractivity contribution is 0.0502. The van der Waals surface area contributed by atoms with Crippen LogP contribution < -0.4 is 10.5 Å². The zero-order valence-corrected chi connectivity index (χ0v) is 19.8. The van der Waals surface area contributed by atoms with E-state index in [4.69, 9.17) is 33.7 Å². The molecule has 4 rings (SSSR count). The van der Waals surface area contributed by atoms with Crippen LogP contribution in [0.3, 0.4) is 0 Å². The van der Waals surface area contributed by atoms with E-state index in [1.807, 2.05) is 24.0 Å². The van der Waals surface area contributed by atoms with Crippen LogP contribution >= 0.6 is 23.2 Å². The zero-order chi connectivity index (χ0) is 23.5. The fourth-order valence-corrected chi connectivity index (χ4v) is 4.35. The largest absolute Gasteiger partial charge is 0.475 e. The Labute approximate surface area is 203 Å². The van der Waals surface area contributed by atoms with Crippen LogP contribution in [0.1, 0.15) is 34.6 Å². The van der Waals surface area contributed by atoms with Gasteiger partial charge in [-0.15, -0.1) is 0 Å². The third-order valence-electron chi connectivity index (χ3n) is 5.96. The molecule has 0 unspecified atom stereocenters. The molecule has 7 nitrogen and oxygen atoms in total. The lowest BCUT2D eigenvalue weighted by atomic mass is 10.0. The van der Waals surface area contributed by atoms with Crippen molar-refractivity contribution < 1.29 is 9.53 Å². The first-order chi connectivity index (χ1) is 15.9. The molecule has 2 aliphatic rings. The SMILES string of the molecule is C=C(N=C/C=C\N)c1ccc(C)nc1C(=O)N1C[C@@H]2C[C@@H]2C[C@H]1COc1cc(Cl)c(Cl)cn1. The molecule has 1 aliphatic carbocycles. The van der Waals surface area contributed by atoms with Gasteiger partial charge in [-0.2, -0.15) is 0 Å². The van der Waals surface area contributed by atoms with E-state index in [0.717, 1.165) is 18.5 Å². The summed E-state index contributed by atoms with van der Waals surface area (Å²) >= 11 is 12.0. The molecule has 33 heavy (non-hydrogen) atoms. The van der Waals surface area contributed by atoms with Gasteiger partial charge in [-0.25, -0.2) is 9.97 Å². The molecule has 3 atom stereocenters. The van der Waals surface area contributed by atoms with Gasteiger partial charge in [-0.05, 0) is 56.0 Å². The quantitative estimate of drug-likeness (QED) is 0.581. The minimum atomic E-state index is -0.152. The number of piperidine rings is 1. The third kappa shape index (κ3) is 5.37. The number of amides is 1. The number of fused-ring (bicyclic) bond motifs is 1. The molecular weight excluding hydrogens is 461 g/mol. The number of carbonyl (C=O) groups excluding carboxylic acids is 1. The van der Waals surface area contributed by atoms with Gasteiger partial charge in [0.2, 0.25) is 5.88 Å². The van der Waals surface area contributed by atoms with E-state index < -0.39 is 0 Å². The molecule has 2 aromatic heterocycles. The summed E-state index contributed by atoms with van der Waals surface area (Å²) in [7, 11) is 0. The normalized spacial score (nSPS) is 21.9. The second kappa shape index (κ2) is 9.93. The summed E-state index contributed by atoms with van der Waals surface area (Å²) in [5.74, 6) is 1.37. The Morgan fingerprint density at radius 3 is 2.91 bits per heavy atom. The first-order valence-corrected chi connectivity index (χ1v) is 11.5. The number of hydrogen-bond acceptors (Lipinski definition) is 6. The van der Waals surface area contributed by atoms with E-state index in [1.165, 1.54) is 18.6 Å². The highest BCUT2D eigenvalue weighted by molar-refractivity contribution is 6.41. The summed E-state index contributed by atoms with van der Waals surface area (Å²) in [5.41, 5.74) is 7.48. The van der Waals surface area contributed by atoms with Crippen molar-refractivity contribution in [3.8, 4) is 5.88 Å². The van der Waals surface area contributed by atoms with Crippen molar-refractivity contribution in [1.29, 1.82) is 0 Å². The Balaban J connectivity index is 1.57. The van der Waals surface area contributed by atoms with Gasteiger partial charge in [0.15, 0.2) is 0 Å². The van der Waals surface area contributed by atoms with E-state index >= 15 is 0 Å². The van der Waals surface area contributed by atoms with Crippen LogP contribution in [0.15, 0.2) is 48.2 Å². The summed E-state index contributed by atoms with van der Waals surface area (Å²) in [6.45, 7) is 6.84. The Bertz CT molecular complexity index is 1130. The molecule has 3 heterocycles. The first-order valence-electron chi connectivity index (χ1n) is 10.7. The number of carbonyl (C=O) groups is 1. The highest BCUT2D eigenvalue weighted by Crippen LogP contribution is 2.47. The summed E-state index contributed by atoms with van der Waals surface area (Å²) in [6.07, 6.45) is 7.96. The lowest BCUT2D eigenvalue weighted by Gasteiger charge is -2.35. The van der Waals surface area contributed by atoms with Gasteiger partial charge in [-0.1, -0.05) is 29.8 Å². The van der Waals surface area contributed by atoms with Gasteiger partial charge in [0.25, 0.3) is 5.91 Å². The number of allylic oxidation sites excluding steroid dienone is 1. The Hall–Kier alpha value is -2.90. The lowest BCUT2D eigenvalue weighted by Crippen LogP contribution is -2.48.